The Morgan fingerprint density at radius 3 is 2.49 bits per heavy atom. The average molecular weight is 637 g/mol. The van der Waals surface area contributed by atoms with E-state index in [1.54, 1.807) is 48.5 Å². The Morgan fingerprint density at radius 1 is 1.00 bits per heavy atom. The molecule has 0 spiro atoms. The molecule has 0 unspecified atom stereocenters. The minimum Gasteiger partial charge on any atom is -0.438 e. The Kier molecular flexibility index (Phi) is 8.40. The van der Waals surface area contributed by atoms with Gasteiger partial charge in [0.1, 0.15) is 11.1 Å². The summed E-state index contributed by atoms with van der Waals surface area (Å²) in [5.74, 6) is 0.132. The lowest BCUT2D eigenvalue weighted by Gasteiger charge is -2.33. The molecule has 1 saturated heterocycles. The molecule has 6 rings (SSSR count). The quantitative estimate of drug-likeness (QED) is 0.236. The van der Waals surface area contributed by atoms with Crippen molar-refractivity contribution < 1.29 is 22.7 Å². The van der Waals surface area contributed by atoms with Crippen LogP contribution in [0.25, 0.3) is 22.4 Å². The largest absolute Gasteiger partial charge is 0.438 e. The number of amides is 1. The van der Waals surface area contributed by atoms with Gasteiger partial charge in [-0.2, -0.15) is 23.3 Å². The molecule has 0 atom stereocenters. The molecule has 0 radical (unpaired) electrons. The molecule has 4 heterocycles. The van der Waals surface area contributed by atoms with E-state index in [1.165, 1.54) is 24.3 Å². The lowest BCUT2D eigenvalue weighted by molar-refractivity contribution is -0.138. The van der Waals surface area contributed by atoms with Crippen molar-refractivity contribution in [3.05, 3.63) is 88.8 Å². The van der Waals surface area contributed by atoms with Crippen molar-refractivity contribution in [2.45, 2.75) is 12.7 Å². The maximum absolute atomic E-state index is 14.1. The minimum atomic E-state index is -4.63. The second-order valence-electron chi connectivity index (χ2n) is 10.7. The fraction of sp³-hybridized carbons (Fsp3) is 0.258. The summed E-state index contributed by atoms with van der Waals surface area (Å²) in [5.41, 5.74) is 0.531. The number of halogens is 4. The van der Waals surface area contributed by atoms with Crippen LogP contribution in [0.5, 0.6) is 11.6 Å². The van der Waals surface area contributed by atoms with Crippen LogP contribution in [0.3, 0.4) is 0 Å². The van der Waals surface area contributed by atoms with E-state index in [2.05, 4.69) is 30.3 Å². The van der Waals surface area contributed by atoms with Gasteiger partial charge in [0.2, 0.25) is 5.88 Å². The number of hydrogen-bond donors (Lipinski definition) is 1. The molecule has 1 amide bonds. The van der Waals surface area contributed by atoms with Crippen LogP contribution in [0, 0.1) is 0 Å². The van der Waals surface area contributed by atoms with E-state index in [1.807, 2.05) is 11.9 Å². The van der Waals surface area contributed by atoms with E-state index >= 15 is 0 Å². The lowest BCUT2D eigenvalue weighted by atomic mass is 10.0. The first-order chi connectivity index (χ1) is 21.5. The van der Waals surface area contributed by atoms with Crippen molar-refractivity contribution in [1.82, 2.24) is 34.5 Å². The molecule has 1 fully saturated rings. The molecule has 14 heteroatoms. The first kappa shape index (κ1) is 30.4. The highest BCUT2D eigenvalue weighted by molar-refractivity contribution is 6.34. The molecule has 0 bridgehead atoms. The van der Waals surface area contributed by atoms with Gasteiger partial charge in [-0.15, -0.1) is 0 Å². The number of piperazine rings is 1. The number of ether oxygens (including phenoxy) is 1. The Hall–Kier alpha value is -4.59. The number of pyridine rings is 1. The van der Waals surface area contributed by atoms with Crippen LogP contribution in [-0.2, 0) is 19.8 Å². The summed E-state index contributed by atoms with van der Waals surface area (Å²) < 4.78 is 50.0. The summed E-state index contributed by atoms with van der Waals surface area (Å²) in [5, 5.41) is 7.61. The van der Waals surface area contributed by atoms with Gasteiger partial charge in [-0.1, -0.05) is 17.7 Å². The molecule has 0 saturated carbocycles. The van der Waals surface area contributed by atoms with Crippen LogP contribution in [0.4, 0.5) is 18.9 Å². The normalized spacial score (nSPS) is 14.5. The van der Waals surface area contributed by atoms with Gasteiger partial charge in [-0.05, 0) is 49.0 Å². The van der Waals surface area contributed by atoms with Crippen LogP contribution >= 0.6 is 11.6 Å². The monoisotopic (exact) mass is 636 g/mol. The number of carbonyl (C=O) groups excluding carboxylic acids is 1. The molecule has 45 heavy (non-hydrogen) atoms. The number of anilines is 1. The zero-order chi connectivity index (χ0) is 31.7. The van der Waals surface area contributed by atoms with Crippen LogP contribution in [-0.4, -0.2) is 73.7 Å². The maximum atomic E-state index is 14.1. The number of carbonyl (C=O) groups is 1. The number of likely N-dealkylation sites (N-methyl/N-ethyl adjacent to an activating group) is 1. The number of aryl methyl sites for hydroxylation is 1. The van der Waals surface area contributed by atoms with Crippen LogP contribution in [0.2, 0.25) is 5.02 Å². The zero-order valence-corrected chi connectivity index (χ0v) is 25.1. The van der Waals surface area contributed by atoms with Crippen molar-refractivity contribution in [1.29, 1.82) is 0 Å². The predicted molar refractivity (Wildman–Crippen MR) is 163 cm³/mol. The number of aromatic nitrogens is 5. The van der Waals surface area contributed by atoms with Gasteiger partial charge in [0.05, 0.1) is 22.5 Å². The summed E-state index contributed by atoms with van der Waals surface area (Å²) in [4.78, 5) is 30.5. The van der Waals surface area contributed by atoms with Crippen molar-refractivity contribution in [3.63, 3.8) is 0 Å². The Labute approximate surface area is 261 Å². The highest BCUT2D eigenvalue weighted by Gasteiger charge is 2.34. The zero-order valence-electron chi connectivity index (χ0n) is 24.3. The van der Waals surface area contributed by atoms with E-state index in [-0.39, 0.29) is 40.0 Å². The first-order valence-corrected chi connectivity index (χ1v) is 14.4. The lowest BCUT2D eigenvalue weighted by Crippen LogP contribution is -2.44. The van der Waals surface area contributed by atoms with Gasteiger partial charge < -0.3 is 15.0 Å². The molecule has 3 aromatic heterocycles. The van der Waals surface area contributed by atoms with Gasteiger partial charge in [0, 0.05) is 69.4 Å². The number of alkyl halides is 3. The number of benzene rings is 2. The number of hydrogen-bond acceptors (Lipinski definition) is 8. The molecule has 232 valence electrons. The Morgan fingerprint density at radius 2 is 1.76 bits per heavy atom. The average Bonchev–Trinajstić information content (AvgIpc) is 3.40. The van der Waals surface area contributed by atoms with Crippen LogP contribution in [0.15, 0.2) is 67.1 Å². The molecular formula is C31H28ClF3N8O2. The van der Waals surface area contributed by atoms with E-state index < -0.39 is 17.6 Å². The van der Waals surface area contributed by atoms with Crippen molar-refractivity contribution in [2.75, 3.05) is 38.5 Å². The van der Waals surface area contributed by atoms with Gasteiger partial charge in [-0.3, -0.25) is 19.4 Å². The summed E-state index contributed by atoms with van der Waals surface area (Å²) in [6, 6.07) is 11.7. The molecule has 1 aliphatic rings. The summed E-state index contributed by atoms with van der Waals surface area (Å²) in [6.45, 7) is 3.04. The van der Waals surface area contributed by atoms with E-state index in [0.29, 0.717) is 29.9 Å². The van der Waals surface area contributed by atoms with Crippen molar-refractivity contribution >= 4 is 34.2 Å². The third kappa shape index (κ3) is 6.75. The topological polar surface area (TPSA) is 101 Å². The standard InChI is InChI=1S/C31H28ClF3N8O2/c1-41-11-13-43(14-12-41)18-21-4-3-20(15-24(21)31(33,34)35)29(44)38-26-16-22(5-6-25(26)32)45-30-23-17-37-42(2)28(23)39-27(40-30)19-7-9-36-10-8-19/h3-10,15-17H,11-14,18H2,1-2H3,(H,38,44). The van der Waals surface area contributed by atoms with E-state index in [9.17, 15) is 18.0 Å². The van der Waals surface area contributed by atoms with Crippen LogP contribution in [0.1, 0.15) is 21.5 Å². The van der Waals surface area contributed by atoms with Gasteiger partial charge >= 0.3 is 6.18 Å². The molecule has 2 aromatic carbocycles. The molecule has 1 N–H and O–H groups in total. The Balaban J connectivity index is 1.25. The second kappa shape index (κ2) is 12.4. The summed E-state index contributed by atoms with van der Waals surface area (Å²) >= 11 is 6.38. The number of fused-ring (bicyclic) bond motifs is 1. The highest BCUT2D eigenvalue weighted by Crippen LogP contribution is 2.35. The van der Waals surface area contributed by atoms with Gasteiger partial charge in [0.15, 0.2) is 11.5 Å². The molecular weight excluding hydrogens is 609 g/mol. The van der Waals surface area contributed by atoms with Crippen molar-refractivity contribution in [2.24, 2.45) is 7.05 Å². The number of nitrogens with zero attached hydrogens (tertiary/aromatic N) is 7. The number of nitrogens with one attached hydrogen (secondary N) is 1. The minimum absolute atomic E-state index is 0.120. The summed E-state index contributed by atoms with van der Waals surface area (Å²) in [6.07, 6.45) is 0.193. The van der Waals surface area contributed by atoms with Crippen LogP contribution < -0.4 is 10.1 Å². The van der Waals surface area contributed by atoms with E-state index in [0.717, 1.165) is 24.7 Å². The van der Waals surface area contributed by atoms with E-state index in [4.69, 9.17) is 16.3 Å². The van der Waals surface area contributed by atoms with Gasteiger partial charge in [0.25, 0.3) is 5.91 Å². The third-order valence-corrected chi connectivity index (χ3v) is 7.89. The first-order valence-electron chi connectivity index (χ1n) is 14.0. The SMILES string of the molecule is CN1CCN(Cc2ccc(C(=O)Nc3cc(Oc4nc(-c5ccncc5)nc5c4cnn5C)ccc3Cl)cc2C(F)(F)F)CC1. The fourth-order valence-corrected chi connectivity index (χ4v) is 5.21. The molecule has 0 aliphatic carbocycles. The Bertz CT molecular complexity index is 1860. The maximum Gasteiger partial charge on any atom is 0.416 e. The molecule has 1 aliphatic heterocycles. The molecule has 5 aromatic rings. The predicted octanol–water partition coefficient (Wildman–Crippen LogP) is 5.89. The smallest absolute Gasteiger partial charge is 0.416 e. The number of rotatable bonds is 7. The highest BCUT2D eigenvalue weighted by atomic mass is 35.5. The second-order valence-corrected chi connectivity index (χ2v) is 11.1. The summed E-state index contributed by atoms with van der Waals surface area (Å²) in [7, 11) is 3.73. The van der Waals surface area contributed by atoms with Gasteiger partial charge in [-0.25, -0.2) is 4.98 Å². The fourth-order valence-electron chi connectivity index (χ4n) is 5.04. The molecule has 10 nitrogen and oxygen atoms in total. The third-order valence-electron chi connectivity index (χ3n) is 7.56. The van der Waals surface area contributed by atoms with Crippen molar-refractivity contribution in [3.8, 4) is 23.0 Å².